The topological polar surface area (TPSA) is 93.4 Å². The zero-order valence-electron chi connectivity index (χ0n) is 15.1. The van der Waals surface area contributed by atoms with Crippen LogP contribution in [0.1, 0.15) is 10.4 Å². The number of rotatable bonds is 4. The van der Waals surface area contributed by atoms with Crippen molar-refractivity contribution in [1.29, 1.82) is 5.26 Å². The highest BCUT2D eigenvalue weighted by Crippen LogP contribution is 2.33. The van der Waals surface area contributed by atoms with Gasteiger partial charge >= 0.3 is 0 Å². The number of Topliss-reactive ketones (excluding diaryl/α,β-unsaturated/α-hetero) is 1. The molecule has 28 heavy (non-hydrogen) atoms. The molecule has 140 valence electrons. The summed E-state index contributed by atoms with van der Waals surface area (Å²) in [5.41, 5.74) is 1.64. The number of carbonyl (C=O) groups excluding carboxylic acids is 2. The number of carbonyl (C=O) groups is 2. The van der Waals surface area contributed by atoms with E-state index in [1.165, 1.54) is 0 Å². The maximum absolute atomic E-state index is 12.9. The molecule has 1 aliphatic rings. The molecule has 0 radical (unpaired) electrons. The predicted octanol–water partition coefficient (Wildman–Crippen LogP) is 2.91. The molecule has 2 aromatic carbocycles. The third-order valence-electron chi connectivity index (χ3n) is 4.63. The smallest absolute Gasteiger partial charge is 0.249 e. The zero-order valence-corrected chi connectivity index (χ0v) is 15.1. The number of ether oxygens (including phenoxy) is 2. The monoisotopic (exact) mass is 375 g/mol. The number of fused-ring (bicyclic) bond motifs is 2. The number of nitrogens with one attached hydrogen (secondary N) is 1. The van der Waals surface area contributed by atoms with Crippen molar-refractivity contribution in [3.63, 3.8) is 0 Å². The van der Waals surface area contributed by atoms with Crippen molar-refractivity contribution in [3.8, 4) is 17.6 Å². The van der Waals surface area contributed by atoms with E-state index < -0.39 is 17.6 Å². The average molecular weight is 375 g/mol. The Kier molecular flexibility index (Phi) is 4.45. The summed E-state index contributed by atoms with van der Waals surface area (Å²) in [6, 6.07) is 14.1. The Balaban J connectivity index is 1.59. The number of aryl methyl sites for hydroxylation is 1. The Morgan fingerprint density at radius 2 is 1.89 bits per heavy atom. The molecule has 7 heteroatoms. The maximum Gasteiger partial charge on any atom is 0.249 e. The lowest BCUT2D eigenvalue weighted by Crippen LogP contribution is -2.28. The summed E-state index contributed by atoms with van der Waals surface area (Å²) >= 11 is 0. The molecule has 1 aliphatic heterocycles. The third kappa shape index (κ3) is 3.05. The van der Waals surface area contributed by atoms with Gasteiger partial charge in [0.05, 0.1) is 6.07 Å². The standard InChI is InChI=1S/C21H17N3O4/c1-24-12-16(14-4-2-3-5-17(14)24)20(25)15(11-22)21(26)23-13-6-7-18-19(10-13)28-9-8-27-18/h2-7,10,12,15H,8-9H2,1H3,(H,23,26)/t15-/m0/s1. The second-order valence-corrected chi connectivity index (χ2v) is 6.44. The number of amides is 1. The van der Waals surface area contributed by atoms with E-state index in [0.717, 1.165) is 5.52 Å². The predicted molar refractivity (Wildman–Crippen MR) is 102 cm³/mol. The van der Waals surface area contributed by atoms with Crippen LogP contribution in [0.25, 0.3) is 10.9 Å². The van der Waals surface area contributed by atoms with Gasteiger partial charge in [0.15, 0.2) is 23.2 Å². The van der Waals surface area contributed by atoms with Crippen LogP contribution in [0.3, 0.4) is 0 Å². The number of ketones is 1. The van der Waals surface area contributed by atoms with Gasteiger partial charge in [-0.1, -0.05) is 18.2 Å². The average Bonchev–Trinajstić information content (AvgIpc) is 3.05. The van der Waals surface area contributed by atoms with E-state index in [2.05, 4.69) is 5.32 Å². The van der Waals surface area contributed by atoms with Gasteiger partial charge < -0.3 is 19.4 Å². The second kappa shape index (κ2) is 7.08. The molecule has 0 unspecified atom stereocenters. The molecule has 1 N–H and O–H groups in total. The first-order chi connectivity index (χ1) is 13.6. The molecule has 0 spiro atoms. The van der Waals surface area contributed by atoms with E-state index in [4.69, 9.17) is 9.47 Å². The van der Waals surface area contributed by atoms with E-state index in [1.807, 2.05) is 31.3 Å². The van der Waals surface area contributed by atoms with Crippen molar-refractivity contribution in [2.45, 2.75) is 0 Å². The first kappa shape index (κ1) is 17.6. The largest absolute Gasteiger partial charge is 0.486 e. The molecule has 3 aromatic rings. The molecular formula is C21H17N3O4. The summed E-state index contributed by atoms with van der Waals surface area (Å²) in [5.74, 6) is -1.57. The molecule has 1 aromatic heterocycles. The minimum Gasteiger partial charge on any atom is -0.486 e. The van der Waals surface area contributed by atoms with Crippen molar-refractivity contribution < 1.29 is 19.1 Å². The van der Waals surface area contributed by atoms with Crippen LogP contribution in [0, 0.1) is 17.2 Å². The fraction of sp³-hybridized carbons (Fsp3) is 0.190. The van der Waals surface area contributed by atoms with Gasteiger partial charge in [0.2, 0.25) is 5.91 Å². The summed E-state index contributed by atoms with van der Waals surface area (Å²) in [6.45, 7) is 0.888. The Bertz CT molecular complexity index is 1130. The number of para-hydroxylation sites is 1. The summed E-state index contributed by atoms with van der Waals surface area (Å²) in [6.07, 6.45) is 1.65. The molecule has 4 rings (SSSR count). The fourth-order valence-electron chi connectivity index (χ4n) is 3.27. The number of benzene rings is 2. The van der Waals surface area contributed by atoms with Gasteiger partial charge in [0.25, 0.3) is 0 Å². The van der Waals surface area contributed by atoms with Crippen molar-refractivity contribution in [2.75, 3.05) is 18.5 Å². The Hall–Kier alpha value is -3.79. The van der Waals surface area contributed by atoms with Crippen molar-refractivity contribution in [3.05, 3.63) is 54.2 Å². The number of anilines is 1. The molecule has 0 bridgehead atoms. The van der Waals surface area contributed by atoms with Crippen molar-refractivity contribution >= 4 is 28.3 Å². The Labute approximate surface area is 161 Å². The third-order valence-corrected chi connectivity index (χ3v) is 4.63. The minimum atomic E-state index is -1.46. The summed E-state index contributed by atoms with van der Waals surface area (Å²) < 4.78 is 12.7. The summed E-state index contributed by atoms with van der Waals surface area (Å²) in [5, 5.41) is 12.8. The van der Waals surface area contributed by atoms with Gasteiger partial charge in [-0.3, -0.25) is 9.59 Å². The van der Waals surface area contributed by atoms with Gasteiger partial charge in [-0.05, 0) is 18.2 Å². The van der Waals surface area contributed by atoms with E-state index in [0.29, 0.717) is 41.3 Å². The van der Waals surface area contributed by atoms with E-state index >= 15 is 0 Å². The number of nitrogens with zero attached hydrogens (tertiary/aromatic N) is 2. The number of hydrogen-bond donors (Lipinski definition) is 1. The van der Waals surface area contributed by atoms with E-state index in [1.54, 1.807) is 35.0 Å². The van der Waals surface area contributed by atoms with Crippen LogP contribution in [0.5, 0.6) is 11.5 Å². The molecule has 0 fully saturated rings. The molecule has 7 nitrogen and oxygen atoms in total. The normalized spacial score (nSPS) is 13.6. The van der Waals surface area contributed by atoms with Crippen LogP contribution in [-0.2, 0) is 11.8 Å². The van der Waals surface area contributed by atoms with Gasteiger partial charge in [-0.2, -0.15) is 5.26 Å². The molecule has 0 aliphatic carbocycles. The Morgan fingerprint density at radius 1 is 1.14 bits per heavy atom. The molecule has 2 heterocycles. The highest BCUT2D eigenvalue weighted by atomic mass is 16.6. The van der Waals surface area contributed by atoms with Gasteiger partial charge in [0.1, 0.15) is 13.2 Å². The lowest BCUT2D eigenvalue weighted by Gasteiger charge is -2.19. The summed E-state index contributed by atoms with van der Waals surface area (Å²) in [7, 11) is 1.82. The fourth-order valence-corrected chi connectivity index (χ4v) is 3.27. The highest BCUT2D eigenvalue weighted by molar-refractivity contribution is 6.19. The lowest BCUT2D eigenvalue weighted by molar-refractivity contribution is -0.117. The molecule has 0 saturated carbocycles. The number of nitriles is 1. The van der Waals surface area contributed by atoms with Gasteiger partial charge in [-0.15, -0.1) is 0 Å². The van der Waals surface area contributed by atoms with Crippen LogP contribution < -0.4 is 14.8 Å². The minimum absolute atomic E-state index is 0.349. The molecular weight excluding hydrogens is 358 g/mol. The summed E-state index contributed by atoms with van der Waals surface area (Å²) in [4.78, 5) is 25.6. The molecule has 1 amide bonds. The molecule has 0 saturated heterocycles. The van der Waals surface area contributed by atoms with Crippen LogP contribution in [0.4, 0.5) is 5.69 Å². The number of aromatic nitrogens is 1. The lowest BCUT2D eigenvalue weighted by atomic mass is 9.97. The van der Waals surface area contributed by atoms with Crippen molar-refractivity contribution in [2.24, 2.45) is 13.0 Å². The second-order valence-electron chi connectivity index (χ2n) is 6.44. The van der Waals surface area contributed by atoms with Crippen LogP contribution in [0.2, 0.25) is 0 Å². The number of hydrogen-bond acceptors (Lipinski definition) is 5. The first-order valence-electron chi connectivity index (χ1n) is 8.77. The van der Waals surface area contributed by atoms with Crippen LogP contribution >= 0.6 is 0 Å². The zero-order chi connectivity index (χ0) is 19.7. The van der Waals surface area contributed by atoms with E-state index in [-0.39, 0.29) is 0 Å². The van der Waals surface area contributed by atoms with E-state index in [9.17, 15) is 14.9 Å². The van der Waals surface area contributed by atoms with Crippen LogP contribution in [0.15, 0.2) is 48.7 Å². The van der Waals surface area contributed by atoms with Gasteiger partial charge in [0, 0.05) is 41.5 Å². The van der Waals surface area contributed by atoms with Crippen molar-refractivity contribution in [1.82, 2.24) is 4.57 Å². The van der Waals surface area contributed by atoms with Crippen LogP contribution in [-0.4, -0.2) is 29.5 Å². The quantitative estimate of drug-likeness (QED) is 0.559. The maximum atomic E-state index is 12.9. The van der Waals surface area contributed by atoms with Gasteiger partial charge in [-0.25, -0.2) is 0 Å². The Morgan fingerprint density at radius 3 is 2.68 bits per heavy atom. The first-order valence-corrected chi connectivity index (χ1v) is 8.77. The SMILES string of the molecule is Cn1cc(C(=O)[C@H](C#N)C(=O)Nc2ccc3c(c2)OCCO3)c2ccccc21. The molecule has 1 atom stereocenters. The highest BCUT2D eigenvalue weighted by Gasteiger charge is 2.30.